The lowest BCUT2D eigenvalue weighted by atomic mass is 10.2. The third kappa shape index (κ3) is 2.48. The Balaban J connectivity index is 2.22. The number of anilines is 1. The molecule has 3 heteroatoms. The molecule has 0 spiro atoms. The minimum absolute atomic E-state index is 0.543. The quantitative estimate of drug-likeness (QED) is 0.743. The summed E-state index contributed by atoms with van der Waals surface area (Å²) in [5.74, 6) is 0. The highest BCUT2D eigenvalue weighted by Crippen LogP contribution is 2.24. The van der Waals surface area contributed by atoms with Crippen LogP contribution in [0.15, 0.2) is 18.2 Å². The molecule has 2 nitrogen and oxygen atoms in total. The van der Waals surface area contributed by atoms with Crippen LogP contribution in [0, 0.1) is 11.3 Å². The molecule has 1 saturated heterocycles. The van der Waals surface area contributed by atoms with Gasteiger partial charge in [-0.2, -0.15) is 5.26 Å². The van der Waals surface area contributed by atoms with Crippen LogP contribution in [0.2, 0.25) is 5.02 Å². The van der Waals surface area contributed by atoms with E-state index in [2.05, 4.69) is 11.0 Å². The van der Waals surface area contributed by atoms with E-state index >= 15 is 0 Å². The van der Waals surface area contributed by atoms with Gasteiger partial charge in [0, 0.05) is 18.8 Å². The molecule has 0 radical (unpaired) electrons. The van der Waals surface area contributed by atoms with Crippen molar-refractivity contribution in [2.75, 3.05) is 18.0 Å². The number of halogens is 1. The first-order chi connectivity index (χ1) is 7.81. The van der Waals surface area contributed by atoms with E-state index < -0.39 is 0 Å². The Morgan fingerprint density at radius 3 is 2.44 bits per heavy atom. The Bertz CT molecular complexity index is 401. The Morgan fingerprint density at radius 2 is 1.81 bits per heavy atom. The van der Waals surface area contributed by atoms with Gasteiger partial charge in [0.05, 0.1) is 10.6 Å². The average Bonchev–Trinajstić information content (AvgIpc) is 2.58. The normalized spacial score (nSPS) is 16.6. The molecule has 0 amide bonds. The SMILES string of the molecule is N#Cc1cc(N2CCCCCC2)ccc1Cl. The molecule has 0 aliphatic carbocycles. The van der Waals surface area contributed by atoms with Crippen LogP contribution in [0.3, 0.4) is 0 Å². The maximum atomic E-state index is 8.94. The number of rotatable bonds is 1. The molecular weight excluding hydrogens is 220 g/mol. The van der Waals surface area contributed by atoms with Gasteiger partial charge in [0.2, 0.25) is 0 Å². The fourth-order valence-electron chi connectivity index (χ4n) is 2.12. The summed E-state index contributed by atoms with van der Waals surface area (Å²) >= 11 is 5.93. The Hall–Kier alpha value is -1.20. The van der Waals surface area contributed by atoms with E-state index in [1.165, 1.54) is 25.7 Å². The molecule has 1 heterocycles. The van der Waals surface area contributed by atoms with Gasteiger partial charge in [-0.1, -0.05) is 24.4 Å². The largest absolute Gasteiger partial charge is 0.371 e. The number of hydrogen-bond donors (Lipinski definition) is 0. The second kappa shape index (κ2) is 5.23. The van der Waals surface area contributed by atoms with Crippen molar-refractivity contribution in [3.63, 3.8) is 0 Å². The molecule has 1 fully saturated rings. The summed E-state index contributed by atoms with van der Waals surface area (Å²) in [6, 6.07) is 7.86. The van der Waals surface area contributed by atoms with E-state index in [9.17, 15) is 0 Å². The summed E-state index contributed by atoms with van der Waals surface area (Å²) < 4.78 is 0. The van der Waals surface area contributed by atoms with Crippen molar-refractivity contribution in [3.8, 4) is 6.07 Å². The monoisotopic (exact) mass is 234 g/mol. The molecule has 0 unspecified atom stereocenters. The third-order valence-electron chi connectivity index (χ3n) is 3.04. The zero-order valence-electron chi connectivity index (χ0n) is 9.25. The summed E-state index contributed by atoms with van der Waals surface area (Å²) in [6.07, 6.45) is 5.11. The van der Waals surface area contributed by atoms with Gasteiger partial charge < -0.3 is 4.90 Å². The van der Waals surface area contributed by atoms with Crippen LogP contribution in [0.1, 0.15) is 31.2 Å². The van der Waals surface area contributed by atoms with E-state index in [0.717, 1.165) is 18.8 Å². The molecule has 0 aromatic heterocycles. The molecule has 1 aromatic carbocycles. The molecule has 0 N–H and O–H groups in total. The van der Waals surface area contributed by atoms with Crippen LogP contribution in [0.5, 0.6) is 0 Å². The van der Waals surface area contributed by atoms with Crippen molar-refractivity contribution < 1.29 is 0 Å². The third-order valence-corrected chi connectivity index (χ3v) is 3.37. The van der Waals surface area contributed by atoms with Crippen molar-refractivity contribution >= 4 is 17.3 Å². The van der Waals surface area contributed by atoms with Gasteiger partial charge in [-0.15, -0.1) is 0 Å². The van der Waals surface area contributed by atoms with Gasteiger partial charge in [0.25, 0.3) is 0 Å². The summed E-state index contributed by atoms with van der Waals surface area (Å²) in [5.41, 5.74) is 1.70. The average molecular weight is 235 g/mol. The molecule has 2 rings (SSSR count). The summed E-state index contributed by atoms with van der Waals surface area (Å²) in [4.78, 5) is 2.35. The highest BCUT2D eigenvalue weighted by molar-refractivity contribution is 6.31. The molecule has 16 heavy (non-hydrogen) atoms. The maximum absolute atomic E-state index is 8.94. The minimum atomic E-state index is 0.543. The van der Waals surface area contributed by atoms with Crippen LogP contribution in [0.25, 0.3) is 0 Å². The molecular formula is C13H15ClN2. The van der Waals surface area contributed by atoms with E-state index in [1.807, 2.05) is 18.2 Å². The second-order valence-electron chi connectivity index (χ2n) is 4.18. The van der Waals surface area contributed by atoms with Crippen LogP contribution in [-0.4, -0.2) is 13.1 Å². The maximum Gasteiger partial charge on any atom is 0.101 e. The highest BCUT2D eigenvalue weighted by atomic mass is 35.5. The molecule has 0 saturated carbocycles. The lowest BCUT2D eigenvalue weighted by molar-refractivity contribution is 0.726. The summed E-state index contributed by atoms with van der Waals surface area (Å²) in [5, 5.41) is 9.49. The summed E-state index contributed by atoms with van der Waals surface area (Å²) in [7, 11) is 0. The first-order valence-electron chi connectivity index (χ1n) is 5.76. The van der Waals surface area contributed by atoms with E-state index in [1.54, 1.807) is 0 Å². The van der Waals surface area contributed by atoms with Crippen LogP contribution >= 0.6 is 11.6 Å². The fraction of sp³-hybridized carbons (Fsp3) is 0.462. The lowest BCUT2D eigenvalue weighted by Gasteiger charge is -2.22. The van der Waals surface area contributed by atoms with Gasteiger partial charge >= 0.3 is 0 Å². The van der Waals surface area contributed by atoms with Gasteiger partial charge in [0.15, 0.2) is 0 Å². The standard InChI is InChI=1S/C13H15ClN2/c14-13-6-5-12(9-11(13)10-15)16-7-3-1-2-4-8-16/h5-6,9H,1-4,7-8H2. The highest BCUT2D eigenvalue weighted by Gasteiger charge is 2.11. The number of benzene rings is 1. The predicted molar refractivity (Wildman–Crippen MR) is 66.8 cm³/mol. The van der Waals surface area contributed by atoms with Gasteiger partial charge in [0.1, 0.15) is 6.07 Å². The van der Waals surface area contributed by atoms with Crippen molar-refractivity contribution in [2.24, 2.45) is 0 Å². The first kappa shape index (κ1) is 11.3. The Labute approximate surface area is 101 Å². The molecule has 84 valence electrons. The lowest BCUT2D eigenvalue weighted by Crippen LogP contribution is -2.23. The van der Waals surface area contributed by atoms with Crippen molar-refractivity contribution in [3.05, 3.63) is 28.8 Å². The van der Waals surface area contributed by atoms with Crippen molar-refractivity contribution in [1.82, 2.24) is 0 Å². The van der Waals surface area contributed by atoms with Gasteiger partial charge in [-0.3, -0.25) is 0 Å². The van der Waals surface area contributed by atoms with Crippen LogP contribution in [-0.2, 0) is 0 Å². The molecule has 0 atom stereocenters. The zero-order chi connectivity index (χ0) is 11.4. The van der Waals surface area contributed by atoms with Gasteiger partial charge in [-0.25, -0.2) is 0 Å². The van der Waals surface area contributed by atoms with Crippen LogP contribution in [0.4, 0.5) is 5.69 Å². The molecule has 0 bridgehead atoms. The molecule has 1 aliphatic heterocycles. The zero-order valence-corrected chi connectivity index (χ0v) is 10.0. The van der Waals surface area contributed by atoms with E-state index in [0.29, 0.717) is 10.6 Å². The Kier molecular flexibility index (Phi) is 3.69. The summed E-state index contributed by atoms with van der Waals surface area (Å²) in [6.45, 7) is 2.18. The van der Waals surface area contributed by atoms with E-state index in [4.69, 9.17) is 16.9 Å². The van der Waals surface area contributed by atoms with Crippen LogP contribution < -0.4 is 4.90 Å². The topological polar surface area (TPSA) is 27.0 Å². The smallest absolute Gasteiger partial charge is 0.101 e. The van der Waals surface area contributed by atoms with Gasteiger partial charge in [-0.05, 0) is 31.0 Å². The molecule has 1 aromatic rings. The minimum Gasteiger partial charge on any atom is -0.371 e. The van der Waals surface area contributed by atoms with E-state index in [-0.39, 0.29) is 0 Å². The molecule has 1 aliphatic rings. The second-order valence-corrected chi connectivity index (χ2v) is 4.58. The predicted octanol–water partition coefficient (Wildman–Crippen LogP) is 3.59. The fourth-order valence-corrected chi connectivity index (χ4v) is 2.28. The Morgan fingerprint density at radius 1 is 1.12 bits per heavy atom. The first-order valence-corrected chi connectivity index (χ1v) is 6.13. The van der Waals surface area contributed by atoms with Crippen molar-refractivity contribution in [1.29, 1.82) is 5.26 Å². The number of nitriles is 1. The van der Waals surface area contributed by atoms with Crippen molar-refractivity contribution in [2.45, 2.75) is 25.7 Å². The number of hydrogen-bond acceptors (Lipinski definition) is 2. The number of nitrogens with zero attached hydrogens (tertiary/aromatic N) is 2.